The predicted molar refractivity (Wildman–Crippen MR) is 78.9 cm³/mol. The maximum absolute atomic E-state index is 11.7. The van der Waals surface area contributed by atoms with Crippen LogP contribution in [0, 0.1) is 0 Å². The third kappa shape index (κ3) is 2.84. The first-order valence-corrected chi connectivity index (χ1v) is 7.02. The molecular weight excluding hydrogens is 266 g/mol. The molecule has 1 amide bonds. The van der Waals surface area contributed by atoms with Crippen molar-refractivity contribution in [2.45, 2.75) is 25.8 Å². The summed E-state index contributed by atoms with van der Waals surface area (Å²) in [7, 11) is 0. The third-order valence-corrected chi connectivity index (χ3v) is 3.61. The van der Waals surface area contributed by atoms with E-state index in [-0.39, 0.29) is 11.9 Å². The minimum Gasteiger partial charge on any atom is -0.334 e. The second-order valence-corrected chi connectivity index (χ2v) is 5.00. The van der Waals surface area contributed by atoms with Crippen LogP contribution in [0.3, 0.4) is 0 Å². The highest BCUT2D eigenvalue weighted by Gasteiger charge is 2.31. The lowest BCUT2D eigenvalue weighted by Gasteiger charge is -2.24. The van der Waals surface area contributed by atoms with Crippen molar-refractivity contribution in [2.75, 3.05) is 11.9 Å². The molecule has 2 aromatic rings. The first kappa shape index (κ1) is 13.5. The molecule has 6 nitrogen and oxygen atoms in total. The number of rotatable bonds is 3. The number of pyridine rings is 1. The molecule has 21 heavy (non-hydrogen) atoms. The topological polar surface area (TPSA) is 71.0 Å². The number of carbonyl (C=O) groups excluding carboxylic acids is 1. The minimum absolute atomic E-state index is 0.0117. The van der Waals surface area contributed by atoms with Crippen molar-refractivity contribution in [3.63, 3.8) is 0 Å². The summed E-state index contributed by atoms with van der Waals surface area (Å²) in [5, 5.41) is 3.19. The van der Waals surface area contributed by atoms with Gasteiger partial charge in [0.15, 0.2) is 5.82 Å². The molecule has 1 aliphatic rings. The molecule has 3 heterocycles. The summed E-state index contributed by atoms with van der Waals surface area (Å²) in [6, 6.07) is 5.62. The molecule has 1 atom stereocenters. The van der Waals surface area contributed by atoms with E-state index in [4.69, 9.17) is 0 Å². The van der Waals surface area contributed by atoms with Crippen molar-refractivity contribution in [1.82, 2.24) is 19.9 Å². The standard InChI is InChI=1S/C15H17N5O/c1-11(21)20-10-4-5-12(20)14-15(18-9-8-17-14)19-13-6-2-3-7-16-13/h2-3,6-9,12H,4-5,10H2,1H3,(H,16,18,19). The van der Waals surface area contributed by atoms with E-state index in [2.05, 4.69) is 20.3 Å². The summed E-state index contributed by atoms with van der Waals surface area (Å²) in [6.45, 7) is 2.38. The SMILES string of the molecule is CC(=O)N1CCCC1c1nccnc1Nc1ccccn1. The maximum Gasteiger partial charge on any atom is 0.220 e. The number of anilines is 2. The Morgan fingerprint density at radius 3 is 2.86 bits per heavy atom. The van der Waals surface area contributed by atoms with Crippen LogP contribution in [0.4, 0.5) is 11.6 Å². The fourth-order valence-electron chi connectivity index (χ4n) is 2.67. The predicted octanol–water partition coefficient (Wildman–Crippen LogP) is 2.30. The Morgan fingerprint density at radius 2 is 2.10 bits per heavy atom. The van der Waals surface area contributed by atoms with Gasteiger partial charge in [0, 0.05) is 32.1 Å². The van der Waals surface area contributed by atoms with Crippen molar-refractivity contribution >= 4 is 17.5 Å². The van der Waals surface area contributed by atoms with E-state index in [0.29, 0.717) is 11.6 Å². The van der Waals surface area contributed by atoms with E-state index in [1.165, 1.54) is 0 Å². The Bertz CT molecular complexity index is 631. The van der Waals surface area contributed by atoms with Crippen LogP contribution in [0.5, 0.6) is 0 Å². The molecule has 2 aromatic heterocycles. The highest BCUT2D eigenvalue weighted by Crippen LogP contribution is 2.34. The Hall–Kier alpha value is -2.50. The van der Waals surface area contributed by atoms with Crippen LogP contribution < -0.4 is 5.32 Å². The van der Waals surface area contributed by atoms with Gasteiger partial charge in [-0.25, -0.2) is 9.97 Å². The molecule has 0 bridgehead atoms. The first-order chi connectivity index (χ1) is 10.3. The van der Waals surface area contributed by atoms with Gasteiger partial charge >= 0.3 is 0 Å². The lowest BCUT2D eigenvalue weighted by molar-refractivity contribution is -0.129. The summed E-state index contributed by atoms with van der Waals surface area (Å²) in [5.74, 6) is 1.45. The summed E-state index contributed by atoms with van der Waals surface area (Å²) >= 11 is 0. The number of amides is 1. The quantitative estimate of drug-likeness (QED) is 0.935. The number of hydrogen-bond donors (Lipinski definition) is 1. The van der Waals surface area contributed by atoms with E-state index >= 15 is 0 Å². The molecule has 1 fully saturated rings. The van der Waals surface area contributed by atoms with Gasteiger partial charge in [0.05, 0.1) is 6.04 Å². The van der Waals surface area contributed by atoms with Crippen LogP contribution in [0.1, 0.15) is 31.5 Å². The Kier molecular flexibility index (Phi) is 3.77. The van der Waals surface area contributed by atoms with Crippen LogP contribution in [0.2, 0.25) is 0 Å². The molecule has 0 radical (unpaired) electrons. The van der Waals surface area contributed by atoms with Gasteiger partial charge in [0.2, 0.25) is 5.91 Å². The highest BCUT2D eigenvalue weighted by molar-refractivity contribution is 5.74. The van der Waals surface area contributed by atoms with Crippen molar-refractivity contribution < 1.29 is 4.79 Å². The van der Waals surface area contributed by atoms with Crippen LogP contribution in [-0.4, -0.2) is 32.3 Å². The van der Waals surface area contributed by atoms with Crippen molar-refractivity contribution in [3.05, 3.63) is 42.5 Å². The van der Waals surface area contributed by atoms with Crippen LogP contribution in [0.25, 0.3) is 0 Å². The number of nitrogens with one attached hydrogen (secondary N) is 1. The fraction of sp³-hybridized carbons (Fsp3) is 0.333. The van der Waals surface area contributed by atoms with Crippen molar-refractivity contribution in [3.8, 4) is 0 Å². The van der Waals surface area contributed by atoms with Gasteiger partial charge in [-0.3, -0.25) is 9.78 Å². The maximum atomic E-state index is 11.7. The molecule has 0 saturated carbocycles. The van der Waals surface area contributed by atoms with E-state index in [1.54, 1.807) is 25.5 Å². The molecule has 6 heteroatoms. The number of likely N-dealkylation sites (tertiary alicyclic amines) is 1. The molecule has 1 saturated heterocycles. The molecule has 1 N–H and O–H groups in total. The second-order valence-electron chi connectivity index (χ2n) is 5.00. The number of carbonyl (C=O) groups is 1. The average molecular weight is 283 g/mol. The van der Waals surface area contributed by atoms with E-state index in [9.17, 15) is 4.79 Å². The van der Waals surface area contributed by atoms with Crippen LogP contribution in [0.15, 0.2) is 36.8 Å². The normalized spacial score (nSPS) is 17.8. The number of aromatic nitrogens is 3. The van der Waals surface area contributed by atoms with Crippen molar-refractivity contribution in [2.24, 2.45) is 0 Å². The van der Waals surface area contributed by atoms with E-state index in [0.717, 1.165) is 25.1 Å². The zero-order valence-electron chi connectivity index (χ0n) is 11.9. The van der Waals surface area contributed by atoms with Gasteiger partial charge in [-0.1, -0.05) is 6.07 Å². The summed E-state index contributed by atoms with van der Waals surface area (Å²) in [5.41, 5.74) is 0.802. The lowest BCUT2D eigenvalue weighted by atomic mass is 10.1. The van der Waals surface area contributed by atoms with Gasteiger partial charge < -0.3 is 10.2 Å². The van der Waals surface area contributed by atoms with Gasteiger partial charge in [0.25, 0.3) is 0 Å². The summed E-state index contributed by atoms with van der Waals surface area (Å²) in [4.78, 5) is 26.6. The molecule has 108 valence electrons. The van der Waals surface area contributed by atoms with Gasteiger partial charge in [-0.05, 0) is 25.0 Å². The average Bonchev–Trinajstić information content (AvgIpc) is 2.98. The zero-order chi connectivity index (χ0) is 14.7. The first-order valence-electron chi connectivity index (χ1n) is 7.02. The number of hydrogen-bond acceptors (Lipinski definition) is 5. The van der Waals surface area contributed by atoms with Gasteiger partial charge in [0.1, 0.15) is 11.5 Å². The summed E-state index contributed by atoms with van der Waals surface area (Å²) in [6.07, 6.45) is 6.92. The van der Waals surface area contributed by atoms with Crippen LogP contribution in [-0.2, 0) is 4.79 Å². The molecule has 0 aromatic carbocycles. The third-order valence-electron chi connectivity index (χ3n) is 3.61. The highest BCUT2D eigenvalue weighted by atomic mass is 16.2. The Balaban J connectivity index is 1.91. The van der Waals surface area contributed by atoms with E-state index in [1.807, 2.05) is 23.1 Å². The largest absolute Gasteiger partial charge is 0.334 e. The second kappa shape index (κ2) is 5.87. The van der Waals surface area contributed by atoms with Gasteiger partial charge in [-0.15, -0.1) is 0 Å². The molecule has 0 aliphatic carbocycles. The van der Waals surface area contributed by atoms with E-state index < -0.39 is 0 Å². The Morgan fingerprint density at radius 1 is 1.24 bits per heavy atom. The Labute approximate surface area is 123 Å². The smallest absolute Gasteiger partial charge is 0.220 e. The molecular formula is C15H17N5O. The lowest BCUT2D eigenvalue weighted by Crippen LogP contribution is -2.29. The fourth-order valence-corrected chi connectivity index (χ4v) is 2.67. The molecule has 1 aliphatic heterocycles. The molecule has 3 rings (SSSR count). The zero-order valence-corrected chi connectivity index (χ0v) is 11.9. The van der Waals surface area contributed by atoms with Crippen LogP contribution >= 0.6 is 0 Å². The molecule has 1 unspecified atom stereocenters. The minimum atomic E-state index is -0.0117. The molecule has 0 spiro atoms. The van der Waals surface area contributed by atoms with Gasteiger partial charge in [-0.2, -0.15) is 0 Å². The van der Waals surface area contributed by atoms with Crippen molar-refractivity contribution in [1.29, 1.82) is 0 Å². The number of nitrogens with zero attached hydrogens (tertiary/aromatic N) is 4. The summed E-state index contributed by atoms with van der Waals surface area (Å²) < 4.78 is 0. The monoisotopic (exact) mass is 283 g/mol.